The van der Waals surface area contributed by atoms with Gasteiger partial charge in [-0.15, -0.1) is 0 Å². The fraction of sp³-hybridized carbons (Fsp3) is 0.982. The van der Waals surface area contributed by atoms with Crippen molar-refractivity contribution < 1.29 is 17.3 Å². The molecule has 0 saturated heterocycles. The number of quaternary nitrogens is 1. The first-order valence-corrected chi connectivity index (χ1v) is 53.7. The van der Waals surface area contributed by atoms with Crippen molar-refractivity contribution in [1.82, 2.24) is 0 Å². The van der Waals surface area contributed by atoms with Crippen molar-refractivity contribution in [3.05, 3.63) is 11.6 Å². The van der Waals surface area contributed by atoms with Gasteiger partial charge in [-0.05, 0) is 86.9 Å². The fourth-order valence-corrected chi connectivity index (χ4v) is 23.3. The number of nitrogens with one attached hydrogen (secondary N) is 1. The second-order valence-electron chi connectivity index (χ2n) is 39.2. The van der Waals surface area contributed by atoms with Crippen LogP contribution in [0.2, 0.25) is 0 Å². The molecular formula is C109H218ClN. The highest BCUT2D eigenvalue weighted by atomic mass is 35.5. The van der Waals surface area contributed by atoms with E-state index in [-0.39, 0.29) is 34.2 Å². The van der Waals surface area contributed by atoms with Gasteiger partial charge in [-0.2, -0.15) is 0 Å². The van der Waals surface area contributed by atoms with Gasteiger partial charge >= 0.3 is 0 Å². The van der Waals surface area contributed by atoms with Crippen molar-refractivity contribution in [1.29, 1.82) is 0 Å². The molecule has 0 amide bonds. The van der Waals surface area contributed by atoms with Crippen molar-refractivity contribution in [3.63, 3.8) is 0 Å². The molecule has 1 N–H and O–H groups in total. The maximum atomic E-state index is 3.66. The minimum Gasteiger partial charge on any atom is -1.00 e. The van der Waals surface area contributed by atoms with Gasteiger partial charge in [-0.25, -0.2) is 0 Å². The summed E-state index contributed by atoms with van der Waals surface area (Å²) in [5.74, 6) is 0. The Bertz CT molecular complexity index is 1760. The zero-order valence-electron chi connectivity index (χ0n) is 80.1. The van der Waals surface area contributed by atoms with E-state index in [1.165, 1.54) is 552 Å². The minimum absolute atomic E-state index is 0. The highest BCUT2D eigenvalue weighted by molar-refractivity contribution is 5.38. The van der Waals surface area contributed by atoms with Crippen molar-refractivity contribution in [2.24, 2.45) is 21.7 Å². The molecule has 1 aliphatic rings. The van der Waals surface area contributed by atoms with E-state index >= 15 is 0 Å². The van der Waals surface area contributed by atoms with Gasteiger partial charge in [0.1, 0.15) is 5.54 Å². The lowest BCUT2D eigenvalue weighted by atomic mass is 9.29. The lowest BCUT2D eigenvalue weighted by molar-refractivity contribution is -0.928. The quantitative estimate of drug-likeness (QED) is 0.0457. The summed E-state index contributed by atoms with van der Waals surface area (Å²) in [5.41, 5.74) is 3.37. The van der Waals surface area contributed by atoms with E-state index in [4.69, 9.17) is 0 Å². The topological polar surface area (TPSA) is 4.44 Å². The Morgan fingerprint density at radius 3 is 0.586 bits per heavy atom. The molecule has 0 radical (unpaired) electrons. The Kier molecular flexibility index (Phi) is 81.0. The molecule has 1 aliphatic carbocycles. The molecule has 0 saturated carbocycles. The van der Waals surface area contributed by atoms with E-state index in [1.54, 1.807) is 25.7 Å². The molecule has 0 aromatic heterocycles. The van der Waals surface area contributed by atoms with Crippen LogP contribution >= 0.6 is 0 Å². The van der Waals surface area contributed by atoms with E-state index in [9.17, 15) is 0 Å². The average molecular weight is 1580 g/mol. The van der Waals surface area contributed by atoms with E-state index in [2.05, 4.69) is 95.0 Å². The van der Waals surface area contributed by atoms with Crippen molar-refractivity contribution in [2.45, 2.75) is 653 Å². The molecule has 0 fully saturated rings. The Morgan fingerprint density at radius 2 is 0.369 bits per heavy atom. The Balaban J connectivity index is 0.000121. The Hall–Kier alpha value is -0.0100. The lowest BCUT2D eigenvalue weighted by Gasteiger charge is -2.75. The summed E-state index contributed by atoms with van der Waals surface area (Å²) < 4.78 is 0. The van der Waals surface area contributed by atoms with Crippen molar-refractivity contribution in [2.75, 3.05) is 14.1 Å². The van der Waals surface area contributed by atoms with Crippen LogP contribution in [0.5, 0.6) is 0 Å². The highest BCUT2D eigenvalue weighted by Gasteiger charge is 2.75. The third kappa shape index (κ3) is 48.9. The first-order valence-electron chi connectivity index (χ1n) is 53.7. The Labute approximate surface area is 712 Å². The number of halogens is 1. The van der Waals surface area contributed by atoms with Crippen molar-refractivity contribution >= 4 is 0 Å². The number of rotatable bonds is 92. The molecule has 0 bridgehead atoms. The molecule has 0 aliphatic heterocycles. The number of allylic oxidation sites excluding steroid dienone is 1. The van der Waals surface area contributed by atoms with Gasteiger partial charge < -0.3 is 17.3 Å². The monoisotopic (exact) mass is 1580 g/mol. The van der Waals surface area contributed by atoms with Crippen LogP contribution in [0.1, 0.15) is 647 Å². The van der Waals surface area contributed by atoms with Crippen LogP contribution in [0.3, 0.4) is 0 Å². The summed E-state index contributed by atoms with van der Waals surface area (Å²) in [6.07, 6.45) is 135. The average Bonchev–Trinajstić information content (AvgIpc) is 0.658. The largest absolute Gasteiger partial charge is 1.00 e. The maximum absolute atomic E-state index is 3.66. The summed E-state index contributed by atoms with van der Waals surface area (Å²) in [4.78, 5) is 1.94. The van der Waals surface area contributed by atoms with Gasteiger partial charge in [-0.3, -0.25) is 0 Å². The van der Waals surface area contributed by atoms with Gasteiger partial charge in [0.2, 0.25) is 0 Å². The zero-order valence-corrected chi connectivity index (χ0v) is 80.9. The molecule has 0 aromatic rings. The zero-order chi connectivity index (χ0) is 80.0. The summed E-state index contributed by atoms with van der Waals surface area (Å²) in [7, 11) is 5.77. The second-order valence-corrected chi connectivity index (χ2v) is 39.2. The van der Waals surface area contributed by atoms with Crippen molar-refractivity contribution in [3.8, 4) is 0 Å². The molecule has 666 valence electrons. The first-order chi connectivity index (χ1) is 54.2. The van der Waals surface area contributed by atoms with E-state index in [0.29, 0.717) is 5.41 Å². The molecule has 1 atom stereocenters. The van der Waals surface area contributed by atoms with Crippen LogP contribution in [0, 0.1) is 21.7 Å². The van der Waals surface area contributed by atoms with E-state index in [0.717, 1.165) is 0 Å². The van der Waals surface area contributed by atoms with Gasteiger partial charge in [-0.1, -0.05) is 575 Å². The summed E-state index contributed by atoms with van der Waals surface area (Å²) >= 11 is 0. The van der Waals surface area contributed by atoms with Crippen LogP contribution in [-0.2, 0) is 0 Å². The standard InChI is InChI=1S/C109H217N.ClH/c1-13-23-33-43-53-63-73-83-93-104-103-108(100-90-80-70-60-50-40-30-20-8,109(110(11)12,101-91-81-71-61-51-41-31-21-9)102-92-82-72-62-52-42-32-22-10)107(98-88-78-68-58-48-38-28-18-6,99-89-79-69-59-49-39-29-19-7)106(96-86-76-66-56-46-36-26-16-4,97-87-77-67-57-47-37-27-17-5)105(104,94-84-74-64-54-44-34-24-14-2)95-85-75-65-55-45-35-25-15-3;/h103H,13-102H2,1-12H3;1H. The SMILES string of the molecule is CCCCCCCCCCC1=CC(CCCCCCCCCC)(C(CCCCCCCCCC)(CCCCCCCCCC)[NH+](C)C)C(CCCCCCCCCC)(CCCCCCCCCC)C(CCCCCCCCCC)(CCCCCCCCCC)C1(CCCCCCCCCC)CCCCCCCCCC.[Cl-]. The lowest BCUT2D eigenvalue weighted by Crippen LogP contribution is -3.18. The van der Waals surface area contributed by atoms with E-state index < -0.39 is 0 Å². The second kappa shape index (κ2) is 81.0. The van der Waals surface area contributed by atoms with Gasteiger partial charge in [0, 0.05) is 18.3 Å². The van der Waals surface area contributed by atoms with Crippen LogP contribution in [0.25, 0.3) is 0 Å². The molecule has 1 nitrogen and oxygen atoms in total. The molecule has 2 heteroatoms. The summed E-state index contributed by atoms with van der Waals surface area (Å²) in [5, 5.41) is 0. The van der Waals surface area contributed by atoms with Crippen LogP contribution in [0.15, 0.2) is 11.6 Å². The molecule has 111 heavy (non-hydrogen) atoms. The molecule has 1 unspecified atom stereocenters. The third-order valence-corrected chi connectivity index (χ3v) is 29.9. The highest BCUT2D eigenvalue weighted by Crippen LogP contribution is 2.79. The molecule has 1 rings (SSSR count). The number of unbranched alkanes of at least 4 members (excludes halogenated alkanes) is 70. The predicted molar refractivity (Wildman–Crippen MR) is 506 cm³/mol. The first kappa shape index (κ1) is 111. The smallest absolute Gasteiger partial charge is 0.107 e. The van der Waals surface area contributed by atoms with E-state index in [1.807, 2.05) is 4.90 Å². The molecule has 0 aromatic carbocycles. The number of hydrogen-bond acceptors (Lipinski definition) is 0. The molecule has 0 spiro atoms. The molecule has 0 heterocycles. The van der Waals surface area contributed by atoms with Crippen LogP contribution in [-0.4, -0.2) is 19.6 Å². The fourth-order valence-electron chi connectivity index (χ4n) is 23.3. The van der Waals surface area contributed by atoms with Crippen LogP contribution in [0.4, 0.5) is 0 Å². The third-order valence-electron chi connectivity index (χ3n) is 29.9. The van der Waals surface area contributed by atoms with Gasteiger partial charge in [0.15, 0.2) is 0 Å². The minimum atomic E-state index is 0. The number of hydrogen-bond donors (Lipinski definition) is 1. The Morgan fingerprint density at radius 1 is 0.198 bits per heavy atom. The van der Waals surface area contributed by atoms with Crippen LogP contribution < -0.4 is 17.3 Å². The summed E-state index contributed by atoms with van der Waals surface area (Å²) in [6.45, 7) is 24.4. The molecular weight excluding hydrogens is 1360 g/mol. The summed E-state index contributed by atoms with van der Waals surface area (Å²) in [6, 6.07) is 0. The van der Waals surface area contributed by atoms with Gasteiger partial charge in [0.25, 0.3) is 0 Å². The normalized spacial score (nSPS) is 15.5. The van der Waals surface area contributed by atoms with Gasteiger partial charge in [0.05, 0.1) is 14.1 Å². The maximum Gasteiger partial charge on any atom is 0.107 e. The predicted octanol–water partition coefficient (Wildman–Crippen LogP) is 36.1.